The van der Waals surface area contributed by atoms with Crippen LogP contribution in [0.25, 0.3) is 0 Å². The van der Waals surface area contributed by atoms with Gasteiger partial charge in [-0.05, 0) is 36.6 Å². The second kappa shape index (κ2) is 13.9. The lowest BCUT2D eigenvalue weighted by Crippen LogP contribution is -2.60. The van der Waals surface area contributed by atoms with E-state index in [0.29, 0.717) is 11.1 Å². The molecule has 2 aromatic rings. The van der Waals surface area contributed by atoms with Gasteiger partial charge in [0.1, 0.15) is 23.9 Å². The third kappa shape index (κ3) is 9.18. The summed E-state index contributed by atoms with van der Waals surface area (Å²) < 4.78 is 0. The molecule has 12 heteroatoms. The zero-order valence-electron chi connectivity index (χ0n) is 20.2. The minimum absolute atomic E-state index is 0.0311. The molecule has 0 heterocycles. The quantitative estimate of drug-likeness (QED) is 0.154. The predicted molar refractivity (Wildman–Crippen MR) is 132 cm³/mol. The molecule has 0 spiro atoms. The van der Waals surface area contributed by atoms with Gasteiger partial charge in [-0.15, -0.1) is 0 Å². The van der Waals surface area contributed by atoms with Crippen molar-refractivity contribution in [1.29, 1.82) is 0 Å². The Balaban J connectivity index is 2.01. The van der Waals surface area contributed by atoms with Crippen LogP contribution in [0, 0.1) is 0 Å². The van der Waals surface area contributed by atoms with E-state index in [1.807, 2.05) is 0 Å². The van der Waals surface area contributed by atoms with Crippen LogP contribution in [0.2, 0.25) is 0 Å². The summed E-state index contributed by atoms with van der Waals surface area (Å²) in [5, 5.41) is 45.4. The van der Waals surface area contributed by atoms with Crippen LogP contribution < -0.4 is 21.7 Å². The number of aliphatic carboxylic acids is 1. The molecule has 0 aliphatic carbocycles. The number of aromatic hydroxyl groups is 1. The van der Waals surface area contributed by atoms with Crippen molar-refractivity contribution < 1.29 is 39.6 Å². The average Bonchev–Trinajstić information content (AvgIpc) is 2.86. The number of hydrogen-bond acceptors (Lipinski definition) is 8. The fourth-order valence-electron chi connectivity index (χ4n) is 3.42. The summed E-state index contributed by atoms with van der Waals surface area (Å²) in [5.41, 5.74) is 7.19. The van der Waals surface area contributed by atoms with Gasteiger partial charge in [-0.2, -0.15) is 0 Å². The van der Waals surface area contributed by atoms with Crippen LogP contribution >= 0.6 is 0 Å². The number of hydrogen-bond donors (Lipinski definition) is 8. The number of phenolic OH excluding ortho intramolecular Hbond substituents is 1. The Morgan fingerprint density at radius 3 is 1.92 bits per heavy atom. The van der Waals surface area contributed by atoms with E-state index in [9.17, 15) is 39.6 Å². The predicted octanol–water partition coefficient (Wildman–Crippen LogP) is -1.58. The van der Waals surface area contributed by atoms with E-state index >= 15 is 0 Å². The molecule has 0 radical (unpaired) electrons. The smallest absolute Gasteiger partial charge is 0.326 e. The van der Waals surface area contributed by atoms with Crippen molar-refractivity contribution in [2.45, 2.75) is 50.0 Å². The van der Waals surface area contributed by atoms with Crippen LogP contribution in [0.15, 0.2) is 54.6 Å². The van der Waals surface area contributed by atoms with Crippen molar-refractivity contribution in [2.75, 3.05) is 6.61 Å². The normalized spacial score (nSPS) is 14.9. The molecule has 0 aromatic heterocycles. The highest BCUT2D eigenvalue weighted by Gasteiger charge is 2.32. The third-order valence-corrected chi connectivity index (χ3v) is 5.50. The van der Waals surface area contributed by atoms with Crippen molar-refractivity contribution in [3.8, 4) is 5.75 Å². The number of nitrogens with two attached hydrogens (primary N) is 1. The van der Waals surface area contributed by atoms with Crippen molar-refractivity contribution in [3.63, 3.8) is 0 Å². The first kappa shape index (κ1) is 29.2. The number of carbonyl (C=O) groups excluding carboxylic acids is 3. The van der Waals surface area contributed by atoms with Crippen LogP contribution in [-0.2, 0) is 32.0 Å². The van der Waals surface area contributed by atoms with Gasteiger partial charge in [-0.25, -0.2) is 4.79 Å². The van der Waals surface area contributed by atoms with Gasteiger partial charge < -0.3 is 42.1 Å². The maximum absolute atomic E-state index is 12.8. The molecule has 2 rings (SSSR count). The van der Waals surface area contributed by atoms with Crippen molar-refractivity contribution in [1.82, 2.24) is 16.0 Å². The first-order valence-corrected chi connectivity index (χ1v) is 11.5. The third-order valence-electron chi connectivity index (χ3n) is 5.50. The van der Waals surface area contributed by atoms with Gasteiger partial charge in [0.2, 0.25) is 17.7 Å². The van der Waals surface area contributed by atoms with E-state index in [0.717, 1.165) is 0 Å². The first-order chi connectivity index (χ1) is 17.5. The molecule has 200 valence electrons. The Morgan fingerprint density at radius 2 is 1.38 bits per heavy atom. The molecule has 5 unspecified atom stereocenters. The van der Waals surface area contributed by atoms with E-state index in [1.54, 1.807) is 42.5 Å². The van der Waals surface area contributed by atoms with Crippen LogP contribution in [0.4, 0.5) is 0 Å². The molecule has 0 bridgehead atoms. The SMILES string of the molecule is CC(O)C(NC(=O)C(CO)NC(=O)C(N)Cc1ccc(O)cc1)C(=O)NC(Cc1ccccc1)C(=O)O. The Labute approximate surface area is 213 Å². The number of aliphatic hydroxyl groups is 2. The molecule has 0 saturated carbocycles. The summed E-state index contributed by atoms with van der Waals surface area (Å²) >= 11 is 0. The standard InChI is InChI=1S/C25H32N4O8/c1-14(31)21(24(35)27-19(25(36)37)12-15-5-3-2-4-6-15)29-23(34)20(13-30)28-22(33)18(26)11-16-7-9-17(32)10-8-16/h2-10,14,18-21,30-32H,11-13,26H2,1H3,(H,27,35)(H,28,33)(H,29,34)(H,36,37). The van der Waals surface area contributed by atoms with Gasteiger partial charge in [-0.3, -0.25) is 14.4 Å². The summed E-state index contributed by atoms with van der Waals surface area (Å²) in [6, 6.07) is 9.11. The van der Waals surface area contributed by atoms with E-state index in [4.69, 9.17) is 5.73 Å². The second-order valence-electron chi connectivity index (χ2n) is 8.54. The highest BCUT2D eigenvalue weighted by molar-refractivity contribution is 5.94. The number of amides is 3. The lowest BCUT2D eigenvalue weighted by Gasteiger charge is -2.26. The van der Waals surface area contributed by atoms with Gasteiger partial charge >= 0.3 is 5.97 Å². The van der Waals surface area contributed by atoms with Gasteiger partial charge in [0.25, 0.3) is 0 Å². The summed E-state index contributed by atoms with van der Waals surface area (Å²) in [6.45, 7) is 0.390. The zero-order chi connectivity index (χ0) is 27.5. The zero-order valence-corrected chi connectivity index (χ0v) is 20.2. The lowest BCUT2D eigenvalue weighted by atomic mass is 10.0. The van der Waals surface area contributed by atoms with Crippen molar-refractivity contribution in [2.24, 2.45) is 5.73 Å². The number of nitrogens with one attached hydrogen (secondary N) is 3. The molecule has 0 aliphatic heterocycles. The molecule has 2 aromatic carbocycles. The minimum atomic E-state index is -1.57. The van der Waals surface area contributed by atoms with Crippen LogP contribution in [-0.4, -0.2) is 81.0 Å². The first-order valence-electron chi connectivity index (χ1n) is 11.5. The summed E-state index contributed by atoms with van der Waals surface area (Å²) in [7, 11) is 0. The molecular formula is C25H32N4O8. The van der Waals surface area contributed by atoms with E-state index < -0.39 is 60.6 Å². The maximum Gasteiger partial charge on any atom is 0.326 e. The fourth-order valence-corrected chi connectivity index (χ4v) is 3.42. The molecule has 5 atom stereocenters. The van der Waals surface area contributed by atoms with Gasteiger partial charge in [0.15, 0.2) is 0 Å². The summed E-state index contributed by atoms with van der Waals surface area (Å²) in [4.78, 5) is 49.6. The van der Waals surface area contributed by atoms with E-state index in [-0.39, 0.29) is 18.6 Å². The van der Waals surface area contributed by atoms with Crippen LogP contribution in [0.1, 0.15) is 18.1 Å². The number of carboxylic acid groups (broad SMARTS) is 1. The van der Waals surface area contributed by atoms with E-state index in [1.165, 1.54) is 19.1 Å². The molecule has 9 N–H and O–H groups in total. The Bertz CT molecular complexity index is 1060. The van der Waals surface area contributed by atoms with Crippen molar-refractivity contribution in [3.05, 3.63) is 65.7 Å². The van der Waals surface area contributed by atoms with E-state index in [2.05, 4.69) is 16.0 Å². The van der Waals surface area contributed by atoms with Crippen LogP contribution in [0.3, 0.4) is 0 Å². The number of phenols is 1. The van der Waals surface area contributed by atoms with Gasteiger partial charge in [0, 0.05) is 6.42 Å². The monoisotopic (exact) mass is 516 g/mol. The average molecular weight is 517 g/mol. The molecule has 0 saturated heterocycles. The van der Waals surface area contributed by atoms with Crippen molar-refractivity contribution >= 4 is 23.7 Å². The van der Waals surface area contributed by atoms with Gasteiger partial charge in [-0.1, -0.05) is 42.5 Å². The number of rotatable bonds is 13. The van der Waals surface area contributed by atoms with Crippen LogP contribution in [0.5, 0.6) is 5.75 Å². The number of carbonyl (C=O) groups is 4. The Kier molecular flexibility index (Phi) is 11.0. The number of benzene rings is 2. The Morgan fingerprint density at radius 1 is 0.811 bits per heavy atom. The molecule has 0 aliphatic rings. The highest BCUT2D eigenvalue weighted by Crippen LogP contribution is 2.11. The minimum Gasteiger partial charge on any atom is -0.508 e. The van der Waals surface area contributed by atoms with Gasteiger partial charge in [0.05, 0.1) is 18.8 Å². The molecule has 0 fully saturated rings. The second-order valence-corrected chi connectivity index (χ2v) is 8.54. The fraction of sp³-hybridized carbons (Fsp3) is 0.360. The highest BCUT2D eigenvalue weighted by atomic mass is 16.4. The topological polar surface area (TPSA) is 211 Å². The maximum atomic E-state index is 12.8. The molecule has 12 nitrogen and oxygen atoms in total. The largest absolute Gasteiger partial charge is 0.508 e. The molecular weight excluding hydrogens is 484 g/mol. The lowest BCUT2D eigenvalue weighted by molar-refractivity contribution is -0.143. The number of aliphatic hydroxyl groups excluding tert-OH is 2. The number of carboxylic acids is 1. The summed E-state index contributed by atoms with van der Waals surface area (Å²) in [5.74, 6) is -3.96. The summed E-state index contributed by atoms with van der Waals surface area (Å²) in [6.07, 6.45) is -1.37. The Hall–Kier alpha value is -4.00. The molecule has 37 heavy (non-hydrogen) atoms. The molecule has 3 amide bonds.